The Bertz CT molecular complexity index is 764. The average Bonchev–Trinajstić information content (AvgIpc) is 2.82. The van der Waals surface area contributed by atoms with Gasteiger partial charge in [-0.05, 0) is 32.5 Å². The number of hydrogen-bond donors (Lipinski definition) is 1. The van der Waals surface area contributed by atoms with Gasteiger partial charge in [-0.1, -0.05) is 30.3 Å². The van der Waals surface area contributed by atoms with E-state index in [1.807, 2.05) is 37.3 Å². The van der Waals surface area contributed by atoms with Crippen LogP contribution in [0.3, 0.4) is 0 Å². The van der Waals surface area contributed by atoms with Crippen LogP contribution in [0.5, 0.6) is 0 Å². The van der Waals surface area contributed by atoms with Gasteiger partial charge in [0.1, 0.15) is 10.7 Å². The summed E-state index contributed by atoms with van der Waals surface area (Å²) in [6, 6.07) is 9.19. The first kappa shape index (κ1) is 18.1. The molecule has 136 valence electrons. The Morgan fingerprint density at radius 3 is 2.48 bits per heavy atom. The standard InChI is InChI=1S/C18H26N4O2S/c1-15-17(16-7-4-3-5-8-16)25(23,24)20-18(15)19-9-6-10-22-13-11-21(2)12-14-22/h3-5,7-8H,6,9-14H2,1-2H3,(H,19,20). The highest BCUT2D eigenvalue weighted by molar-refractivity contribution is 8.00. The van der Waals surface area contributed by atoms with E-state index < -0.39 is 10.0 Å². The van der Waals surface area contributed by atoms with E-state index >= 15 is 0 Å². The summed E-state index contributed by atoms with van der Waals surface area (Å²) in [5.74, 6) is 0.484. The second kappa shape index (κ2) is 7.68. The molecule has 1 fully saturated rings. The molecule has 0 atom stereocenters. The van der Waals surface area contributed by atoms with Crippen molar-refractivity contribution in [3.05, 3.63) is 41.5 Å². The maximum Gasteiger partial charge on any atom is 0.264 e. The molecule has 1 N–H and O–H groups in total. The smallest absolute Gasteiger partial charge is 0.264 e. The fraction of sp³-hybridized carbons (Fsp3) is 0.500. The Morgan fingerprint density at radius 1 is 1.12 bits per heavy atom. The summed E-state index contributed by atoms with van der Waals surface area (Å²) in [6.45, 7) is 7.86. The van der Waals surface area contributed by atoms with Gasteiger partial charge in [0.05, 0.1) is 0 Å². The van der Waals surface area contributed by atoms with Gasteiger partial charge in [0.25, 0.3) is 10.0 Å². The fourth-order valence-electron chi connectivity index (χ4n) is 3.23. The molecule has 2 aliphatic heterocycles. The van der Waals surface area contributed by atoms with Crippen LogP contribution in [-0.4, -0.2) is 70.4 Å². The van der Waals surface area contributed by atoms with E-state index in [9.17, 15) is 8.42 Å². The number of likely N-dealkylation sites (N-methyl/N-ethyl adjacent to an activating group) is 1. The van der Waals surface area contributed by atoms with Gasteiger partial charge in [0.2, 0.25) is 0 Å². The fourth-order valence-corrected chi connectivity index (χ4v) is 4.75. The van der Waals surface area contributed by atoms with Crippen molar-refractivity contribution in [3.63, 3.8) is 0 Å². The Morgan fingerprint density at radius 2 is 1.80 bits per heavy atom. The van der Waals surface area contributed by atoms with Crippen LogP contribution in [0.2, 0.25) is 0 Å². The topological polar surface area (TPSA) is 65.0 Å². The second-order valence-corrected chi connectivity index (χ2v) is 8.27. The van der Waals surface area contributed by atoms with Gasteiger partial charge in [0.15, 0.2) is 0 Å². The predicted molar refractivity (Wildman–Crippen MR) is 102 cm³/mol. The van der Waals surface area contributed by atoms with E-state index in [0.717, 1.165) is 39.1 Å². The maximum absolute atomic E-state index is 12.4. The molecular weight excluding hydrogens is 336 g/mol. The molecule has 0 saturated carbocycles. The Balaban J connectivity index is 1.63. The van der Waals surface area contributed by atoms with E-state index in [0.29, 0.717) is 28.4 Å². The van der Waals surface area contributed by atoms with Crippen molar-refractivity contribution in [2.75, 3.05) is 46.3 Å². The molecule has 6 nitrogen and oxygen atoms in total. The molecule has 1 saturated heterocycles. The van der Waals surface area contributed by atoms with Crippen LogP contribution in [-0.2, 0) is 10.0 Å². The molecular formula is C18H26N4O2S. The van der Waals surface area contributed by atoms with E-state index in [-0.39, 0.29) is 0 Å². The molecule has 0 unspecified atom stereocenters. The summed E-state index contributed by atoms with van der Waals surface area (Å²) in [6.07, 6.45) is 0.933. The molecule has 0 spiro atoms. The molecule has 0 aromatic heterocycles. The minimum Gasteiger partial charge on any atom is -0.304 e. The predicted octanol–water partition coefficient (Wildman–Crippen LogP) is 1.39. The second-order valence-electron chi connectivity index (χ2n) is 6.65. The van der Waals surface area contributed by atoms with E-state index in [1.54, 1.807) is 0 Å². The first-order valence-electron chi connectivity index (χ1n) is 8.72. The highest BCUT2D eigenvalue weighted by atomic mass is 32.2. The van der Waals surface area contributed by atoms with Crippen molar-refractivity contribution in [1.29, 1.82) is 0 Å². The number of sulfonamides is 1. The molecule has 1 aromatic rings. The van der Waals surface area contributed by atoms with Crippen molar-refractivity contribution in [3.8, 4) is 0 Å². The first-order chi connectivity index (χ1) is 12.0. The zero-order valence-electron chi connectivity index (χ0n) is 14.9. The van der Waals surface area contributed by atoms with Gasteiger partial charge >= 0.3 is 0 Å². The van der Waals surface area contributed by atoms with E-state index in [1.165, 1.54) is 0 Å². The number of aliphatic imine (C=N–C) groups is 1. The van der Waals surface area contributed by atoms with Crippen molar-refractivity contribution in [2.24, 2.45) is 4.99 Å². The SMILES string of the molecule is CC1=C(c2ccccc2)S(=O)(=O)NC1=NCCCN1CCN(C)CC1. The quantitative estimate of drug-likeness (QED) is 0.804. The number of nitrogens with one attached hydrogen (secondary N) is 1. The van der Waals surface area contributed by atoms with Crippen LogP contribution < -0.4 is 4.72 Å². The zero-order chi connectivity index (χ0) is 17.9. The summed E-state index contributed by atoms with van der Waals surface area (Å²) >= 11 is 0. The summed E-state index contributed by atoms with van der Waals surface area (Å²) in [5, 5.41) is 0. The molecule has 3 rings (SSSR count). The molecule has 0 bridgehead atoms. The van der Waals surface area contributed by atoms with Gasteiger partial charge < -0.3 is 9.80 Å². The van der Waals surface area contributed by atoms with Crippen molar-refractivity contribution in [1.82, 2.24) is 14.5 Å². The number of hydrogen-bond acceptors (Lipinski definition) is 5. The Kier molecular flexibility index (Phi) is 5.56. The van der Waals surface area contributed by atoms with Crippen molar-refractivity contribution >= 4 is 20.8 Å². The minimum atomic E-state index is -3.52. The maximum atomic E-state index is 12.4. The normalized spacial score (nSPS) is 23.2. The summed E-state index contributed by atoms with van der Waals surface area (Å²) < 4.78 is 27.5. The van der Waals surface area contributed by atoms with Crippen LogP contribution in [0, 0.1) is 0 Å². The summed E-state index contributed by atoms with van der Waals surface area (Å²) in [7, 11) is -1.37. The number of amidine groups is 1. The highest BCUT2D eigenvalue weighted by Crippen LogP contribution is 2.29. The third-order valence-corrected chi connectivity index (χ3v) is 6.27. The number of nitrogens with zero attached hydrogens (tertiary/aromatic N) is 3. The van der Waals surface area contributed by atoms with Gasteiger partial charge in [0, 0.05) is 38.3 Å². The lowest BCUT2D eigenvalue weighted by molar-refractivity contribution is 0.153. The van der Waals surface area contributed by atoms with E-state index in [2.05, 4.69) is 26.6 Å². The van der Waals surface area contributed by atoms with Crippen LogP contribution in [0.15, 0.2) is 40.9 Å². The van der Waals surface area contributed by atoms with Crippen molar-refractivity contribution < 1.29 is 8.42 Å². The molecule has 1 aromatic carbocycles. The highest BCUT2D eigenvalue weighted by Gasteiger charge is 2.32. The first-order valence-corrected chi connectivity index (χ1v) is 10.2. The van der Waals surface area contributed by atoms with Gasteiger partial charge in [-0.15, -0.1) is 0 Å². The number of benzene rings is 1. The van der Waals surface area contributed by atoms with Crippen LogP contribution in [0.1, 0.15) is 18.9 Å². The lowest BCUT2D eigenvalue weighted by atomic mass is 10.1. The number of rotatable bonds is 5. The molecule has 0 aliphatic carbocycles. The zero-order valence-corrected chi connectivity index (χ0v) is 15.7. The monoisotopic (exact) mass is 362 g/mol. The van der Waals surface area contributed by atoms with Crippen LogP contribution in [0.25, 0.3) is 4.91 Å². The Hall–Kier alpha value is -1.70. The lowest BCUT2D eigenvalue weighted by Gasteiger charge is -2.32. The third kappa shape index (κ3) is 4.29. The van der Waals surface area contributed by atoms with Gasteiger partial charge in [-0.25, -0.2) is 8.42 Å². The summed E-state index contributed by atoms with van der Waals surface area (Å²) in [5.41, 5.74) is 1.40. The molecule has 25 heavy (non-hydrogen) atoms. The largest absolute Gasteiger partial charge is 0.304 e. The van der Waals surface area contributed by atoms with E-state index in [4.69, 9.17) is 0 Å². The third-order valence-electron chi connectivity index (χ3n) is 4.73. The minimum absolute atomic E-state index is 0.339. The Labute approximate surface area is 150 Å². The molecule has 2 aliphatic rings. The van der Waals surface area contributed by atoms with Crippen molar-refractivity contribution in [2.45, 2.75) is 13.3 Å². The van der Waals surface area contributed by atoms with Gasteiger partial charge in [-0.2, -0.15) is 0 Å². The molecule has 7 heteroatoms. The number of piperazine rings is 1. The molecule has 2 heterocycles. The lowest BCUT2D eigenvalue weighted by Crippen LogP contribution is -2.44. The van der Waals surface area contributed by atoms with Crippen LogP contribution >= 0.6 is 0 Å². The molecule has 0 radical (unpaired) electrons. The van der Waals surface area contributed by atoms with Gasteiger partial charge in [-0.3, -0.25) is 9.71 Å². The van der Waals surface area contributed by atoms with Crippen LogP contribution in [0.4, 0.5) is 0 Å². The molecule has 0 amide bonds. The average molecular weight is 362 g/mol. The summed E-state index contributed by atoms with van der Waals surface area (Å²) in [4.78, 5) is 9.62.